The van der Waals surface area contributed by atoms with E-state index in [0.29, 0.717) is 13.0 Å². The molecule has 0 bridgehead atoms. The summed E-state index contributed by atoms with van der Waals surface area (Å²) in [5.74, 6) is -0.0635. The van der Waals surface area contributed by atoms with E-state index in [0.717, 1.165) is 12.8 Å². The van der Waals surface area contributed by atoms with Crippen molar-refractivity contribution in [2.75, 3.05) is 6.54 Å². The summed E-state index contributed by atoms with van der Waals surface area (Å²) in [5, 5.41) is 3.26. The fourth-order valence-corrected chi connectivity index (χ4v) is 1.27. The van der Waals surface area contributed by atoms with Gasteiger partial charge in [0.1, 0.15) is 6.10 Å². The Balaban J connectivity index is 2.03. The largest absolute Gasteiger partial charge is 0.462 e. The molecule has 0 unspecified atom stereocenters. The first-order chi connectivity index (χ1) is 6.47. The summed E-state index contributed by atoms with van der Waals surface area (Å²) in [6.07, 6.45) is 4.01. The Hall–Kier alpha value is -0.570. The van der Waals surface area contributed by atoms with Gasteiger partial charge in [0.05, 0.1) is 6.42 Å². The third-order valence-electron chi connectivity index (χ3n) is 2.33. The van der Waals surface area contributed by atoms with Crippen LogP contribution in [0.5, 0.6) is 0 Å². The predicted molar refractivity (Wildman–Crippen MR) is 56.1 cm³/mol. The average molecular weight is 199 g/mol. The number of esters is 1. The monoisotopic (exact) mass is 199 g/mol. The Labute approximate surface area is 86.2 Å². The molecule has 3 heteroatoms. The van der Waals surface area contributed by atoms with Gasteiger partial charge in [-0.3, -0.25) is 4.79 Å². The summed E-state index contributed by atoms with van der Waals surface area (Å²) >= 11 is 0. The Morgan fingerprint density at radius 3 is 2.50 bits per heavy atom. The first-order valence-corrected chi connectivity index (χ1v) is 5.42. The van der Waals surface area contributed by atoms with Crippen molar-refractivity contribution in [3.63, 3.8) is 0 Å². The number of hydrogen-bond acceptors (Lipinski definition) is 3. The van der Waals surface area contributed by atoms with Crippen LogP contribution in [-0.4, -0.2) is 24.2 Å². The highest BCUT2D eigenvalue weighted by atomic mass is 16.5. The minimum Gasteiger partial charge on any atom is -0.462 e. The second kappa shape index (κ2) is 4.78. The maximum atomic E-state index is 11.3. The van der Waals surface area contributed by atoms with E-state index < -0.39 is 0 Å². The van der Waals surface area contributed by atoms with Crippen LogP contribution in [0.25, 0.3) is 0 Å². The summed E-state index contributed by atoms with van der Waals surface area (Å²) in [7, 11) is 0. The lowest BCUT2D eigenvalue weighted by Gasteiger charge is -2.25. The molecule has 82 valence electrons. The molecular weight excluding hydrogens is 178 g/mol. The molecule has 0 atom stereocenters. The van der Waals surface area contributed by atoms with Gasteiger partial charge in [-0.2, -0.15) is 0 Å². The minimum atomic E-state index is -0.0635. The molecule has 3 nitrogen and oxygen atoms in total. The molecule has 0 radical (unpaired) electrons. The molecular formula is C11H21NO2. The highest BCUT2D eigenvalue weighted by Gasteiger charge is 2.21. The van der Waals surface area contributed by atoms with Crippen molar-refractivity contribution in [1.82, 2.24) is 5.32 Å². The molecule has 1 aliphatic rings. The number of carbonyl (C=O) groups excluding carboxylic acids is 1. The number of rotatable bonds is 4. The van der Waals surface area contributed by atoms with Crippen LogP contribution in [0.3, 0.4) is 0 Å². The van der Waals surface area contributed by atoms with Crippen molar-refractivity contribution < 1.29 is 9.53 Å². The predicted octanol–water partition coefficient (Wildman–Crippen LogP) is 1.86. The van der Waals surface area contributed by atoms with Crippen molar-refractivity contribution in [2.24, 2.45) is 0 Å². The van der Waals surface area contributed by atoms with Gasteiger partial charge in [-0.05, 0) is 40.0 Å². The molecule has 0 aliphatic heterocycles. The van der Waals surface area contributed by atoms with Gasteiger partial charge >= 0.3 is 5.97 Å². The van der Waals surface area contributed by atoms with Crippen LogP contribution < -0.4 is 5.32 Å². The zero-order valence-corrected chi connectivity index (χ0v) is 9.43. The molecule has 1 fully saturated rings. The maximum absolute atomic E-state index is 11.3. The van der Waals surface area contributed by atoms with E-state index in [9.17, 15) is 4.79 Å². The molecule has 1 saturated carbocycles. The Kier molecular flexibility index (Phi) is 3.93. The second-order valence-corrected chi connectivity index (χ2v) is 4.97. The summed E-state index contributed by atoms with van der Waals surface area (Å²) in [6, 6.07) is 0. The van der Waals surface area contributed by atoms with Crippen molar-refractivity contribution in [3.8, 4) is 0 Å². The van der Waals surface area contributed by atoms with Crippen LogP contribution in [0.1, 0.15) is 46.5 Å². The number of nitrogens with one attached hydrogen (secondary N) is 1. The van der Waals surface area contributed by atoms with Gasteiger partial charge in [0.15, 0.2) is 0 Å². The molecule has 1 N–H and O–H groups in total. The minimum absolute atomic E-state index is 0.0635. The van der Waals surface area contributed by atoms with Gasteiger partial charge < -0.3 is 10.1 Å². The lowest BCUT2D eigenvalue weighted by atomic mass is 9.96. The van der Waals surface area contributed by atoms with Crippen molar-refractivity contribution in [2.45, 2.75) is 58.1 Å². The fourth-order valence-electron chi connectivity index (χ4n) is 1.27. The van der Waals surface area contributed by atoms with E-state index >= 15 is 0 Å². The normalized spacial score (nSPS) is 17.6. The van der Waals surface area contributed by atoms with E-state index in [4.69, 9.17) is 4.74 Å². The van der Waals surface area contributed by atoms with Crippen LogP contribution in [0.15, 0.2) is 0 Å². The molecule has 0 aromatic carbocycles. The van der Waals surface area contributed by atoms with Gasteiger partial charge in [0.2, 0.25) is 0 Å². The van der Waals surface area contributed by atoms with Crippen molar-refractivity contribution in [3.05, 3.63) is 0 Å². The van der Waals surface area contributed by atoms with Crippen molar-refractivity contribution >= 4 is 5.97 Å². The average Bonchev–Trinajstić information content (AvgIpc) is 1.94. The molecule has 0 amide bonds. The van der Waals surface area contributed by atoms with Crippen LogP contribution in [0, 0.1) is 0 Å². The van der Waals surface area contributed by atoms with Gasteiger partial charge in [0, 0.05) is 12.1 Å². The quantitative estimate of drug-likeness (QED) is 0.702. The van der Waals surface area contributed by atoms with Crippen LogP contribution in [-0.2, 0) is 9.53 Å². The van der Waals surface area contributed by atoms with Gasteiger partial charge in [-0.1, -0.05) is 0 Å². The standard InChI is InChI=1S/C11H21NO2/c1-11(2,3)12-8-7-10(13)14-9-5-4-6-9/h9,12H,4-8H2,1-3H3. The summed E-state index contributed by atoms with van der Waals surface area (Å²) in [5.41, 5.74) is 0.0801. The van der Waals surface area contributed by atoms with E-state index in [-0.39, 0.29) is 17.6 Å². The maximum Gasteiger partial charge on any atom is 0.307 e. The number of ether oxygens (including phenoxy) is 1. The van der Waals surface area contributed by atoms with Gasteiger partial charge in [0.25, 0.3) is 0 Å². The van der Waals surface area contributed by atoms with Gasteiger partial charge in [-0.25, -0.2) is 0 Å². The third-order valence-corrected chi connectivity index (χ3v) is 2.33. The number of hydrogen-bond donors (Lipinski definition) is 1. The molecule has 1 aliphatic carbocycles. The Morgan fingerprint density at radius 1 is 1.43 bits per heavy atom. The van der Waals surface area contributed by atoms with Crippen LogP contribution in [0.2, 0.25) is 0 Å². The summed E-state index contributed by atoms with van der Waals surface area (Å²) in [6.45, 7) is 6.97. The van der Waals surface area contributed by atoms with E-state index in [1.807, 2.05) is 0 Å². The zero-order valence-electron chi connectivity index (χ0n) is 9.43. The fraction of sp³-hybridized carbons (Fsp3) is 0.909. The molecule has 0 aromatic rings. The molecule has 14 heavy (non-hydrogen) atoms. The lowest BCUT2D eigenvalue weighted by molar-refractivity contribution is -0.152. The van der Waals surface area contributed by atoms with Crippen molar-refractivity contribution in [1.29, 1.82) is 0 Å². The first-order valence-electron chi connectivity index (χ1n) is 5.42. The zero-order chi connectivity index (χ0) is 10.6. The smallest absolute Gasteiger partial charge is 0.307 e. The summed E-state index contributed by atoms with van der Waals surface area (Å²) < 4.78 is 5.22. The second-order valence-electron chi connectivity index (χ2n) is 4.97. The lowest BCUT2D eigenvalue weighted by Crippen LogP contribution is -2.37. The SMILES string of the molecule is CC(C)(C)NCCC(=O)OC1CCC1. The topological polar surface area (TPSA) is 38.3 Å². The van der Waals surface area contributed by atoms with Crippen LogP contribution >= 0.6 is 0 Å². The highest BCUT2D eigenvalue weighted by molar-refractivity contribution is 5.69. The van der Waals surface area contributed by atoms with E-state index in [1.165, 1.54) is 6.42 Å². The molecule has 0 heterocycles. The first kappa shape index (κ1) is 11.5. The Bertz CT molecular complexity index is 192. The molecule has 0 saturated heterocycles. The highest BCUT2D eigenvalue weighted by Crippen LogP contribution is 2.22. The third kappa shape index (κ3) is 4.61. The Morgan fingerprint density at radius 2 is 2.07 bits per heavy atom. The molecule has 1 rings (SSSR count). The number of carbonyl (C=O) groups is 1. The van der Waals surface area contributed by atoms with Crippen LogP contribution in [0.4, 0.5) is 0 Å². The van der Waals surface area contributed by atoms with E-state index in [2.05, 4.69) is 26.1 Å². The summed E-state index contributed by atoms with van der Waals surface area (Å²) in [4.78, 5) is 11.3. The molecule has 0 spiro atoms. The van der Waals surface area contributed by atoms with Gasteiger partial charge in [-0.15, -0.1) is 0 Å². The molecule has 0 aromatic heterocycles. The van der Waals surface area contributed by atoms with E-state index in [1.54, 1.807) is 0 Å².